The first-order chi connectivity index (χ1) is 16.5. The van der Waals surface area contributed by atoms with Gasteiger partial charge < -0.3 is 20.1 Å². The Bertz CT molecular complexity index is 1360. The molecule has 5 rings (SSSR count). The van der Waals surface area contributed by atoms with Gasteiger partial charge in [0.25, 0.3) is 11.8 Å². The Hall–Kier alpha value is -4.59. The lowest BCUT2D eigenvalue weighted by atomic mass is 10.1. The lowest BCUT2D eigenvalue weighted by Gasteiger charge is -2.23. The van der Waals surface area contributed by atoms with Crippen LogP contribution in [0.15, 0.2) is 79.0 Å². The maximum atomic E-state index is 13.4. The molecule has 0 bridgehead atoms. The van der Waals surface area contributed by atoms with Gasteiger partial charge in [0.2, 0.25) is 0 Å². The molecule has 0 saturated carbocycles. The number of hydrogen-bond acceptors (Lipinski definition) is 5. The van der Waals surface area contributed by atoms with Gasteiger partial charge in [0.1, 0.15) is 17.2 Å². The maximum absolute atomic E-state index is 13.4. The molecule has 1 atom stereocenters. The Morgan fingerprint density at radius 3 is 2.59 bits per heavy atom. The molecule has 2 heterocycles. The molecule has 1 aliphatic heterocycles. The number of para-hydroxylation sites is 1. The van der Waals surface area contributed by atoms with Crippen LogP contribution >= 0.6 is 0 Å². The first-order valence-electron chi connectivity index (χ1n) is 10.7. The Morgan fingerprint density at radius 1 is 1.09 bits per heavy atom. The third-order valence-electron chi connectivity index (χ3n) is 5.51. The highest BCUT2D eigenvalue weighted by Gasteiger charge is 2.24. The van der Waals surface area contributed by atoms with E-state index in [-0.39, 0.29) is 11.8 Å². The van der Waals surface area contributed by atoms with Gasteiger partial charge in [-0.2, -0.15) is 5.10 Å². The molecule has 0 unspecified atom stereocenters. The van der Waals surface area contributed by atoms with Gasteiger partial charge >= 0.3 is 0 Å². The number of amides is 2. The Kier molecular flexibility index (Phi) is 5.47. The van der Waals surface area contributed by atoms with Crippen LogP contribution < -0.4 is 20.1 Å². The average Bonchev–Trinajstić information content (AvgIpc) is 3.31. The molecule has 0 radical (unpaired) electrons. The maximum Gasteiger partial charge on any atom is 0.265 e. The van der Waals surface area contributed by atoms with E-state index >= 15 is 0 Å². The number of aromatic nitrogens is 2. The average molecular weight is 454 g/mol. The summed E-state index contributed by atoms with van der Waals surface area (Å²) in [5.41, 5.74) is 3.58. The molecule has 0 saturated heterocycles. The summed E-state index contributed by atoms with van der Waals surface area (Å²) in [5.74, 6) is 0.706. The van der Waals surface area contributed by atoms with E-state index in [2.05, 4.69) is 10.6 Å². The minimum atomic E-state index is -0.566. The summed E-state index contributed by atoms with van der Waals surface area (Å²) in [5, 5.41) is 10.4. The number of hydrogen-bond donors (Lipinski definition) is 2. The molecular formula is C26H22N4O4. The zero-order chi connectivity index (χ0) is 23.7. The molecule has 2 N–H and O–H groups in total. The zero-order valence-corrected chi connectivity index (χ0v) is 18.6. The van der Waals surface area contributed by atoms with Crippen LogP contribution in [0.25, 0.3) is 16.9 Å². The van der Waals surface area contributed by atoms with E-state index in [1.165, 1.54) is 0 Å². The number of nitrogens with zero attached hydrogens (tertiary/aromatic N) is 2. The minimum absolute atomic E-state index is 0.234. The van der Waals surface area contributed by atoms with Gasteiger partial charge in [-0.3, -0.25) is 9.59 Å². The Balaban J connectivity index is 1.49. The number of carbonyl (C=O) groups is 2. The third-order valence-corrected chi connectivity index (χ3v) is 5.51. The summed E-state index contributed by atoms with van der Waals surface area (Å²) in [6.45, 7) is 1.68. The number of fused-ring (bicyclic) bond motifs is 1. The second kappa shape index (κ2) is 8.74. The van der Waals surface area contributed by atoms with Crippen molar-refractivity contribution < 1.29 is 19.1 Å². The number of nitrogens with one attached hydrogen (secondary N) is 2. The topological polar surface area (TPSA) is 94.5 Å². The van der Waals surface area contributed by atoms with Crippen LogP contribution in [0.5, 0.6) is 11.5 Å². The van der Waals surface area contributed by atoms with Crippen molar-refractivity contribution in [3.05, 3.63) is 84.6 Å². The number of carbonyl (C=O) groups excluding carboxylic acids is 2. The van der Waals surface area contributed by atoms with Crippen LogP contribution in [0, 0.1) is 0 Å². The molecule has 8 heteroatoms. The van der Waals surface area contributed by atoms with Gasteiger partial charge in [0.15, 0.2) is 6.10 Å². The molecular weight excluding hydrogens is 432 g/mol. The molecule has 4 aromatic rings. The van der Waals surface area contributed by atoms with Crippen molar-refractivity contribution in [2.75, 3.05) is 17.7 Å². The zero-order valence-electron chi connectivity index (χ0n) is 18.6. The summed E-state index contributed by atoms with van der Waals surface area (Å²) in [4.78, 5) is 25.3. The van der Waals surface area contributed by atoms with Gasteiger partial charge in [-0.25, -0.2) is 4.68 Å². The van der Waals surface area contributed by atoms with E-state index in [0.29, 0.717) is 34.1 Å². The van der Waals surface area contributed by atoms with E-state index in [4.69, 9.17) is 14.6 Å². The number of rotatable bonds is 5. The second-order valence-electron chi connectivity index (χ2n) is 7.81. The van der Waals surface area contributed by atoms with Gasteiger partial charge in [-0.05, 0) is 61.5 Å². The highest BCUT2D eigenvalue weighted by molar-refractivity contribution is 6.08. The number of anilines is 2. The molecule has 170 valence electrons. The van der Waals surface area contributed by atoms with Crippen molar-refractivity contribution in [2.45, 2.75) is 13.0 Å². The van der Waals surface area contributed by atoms with Crippen molar-refractivity contribution in [1.82, 2.24) is 9.78 Å². The lowest BCUT2D eigenvalue weighted by molar-refractivity contribution is -0.122. The molecule has 0 fully saturated rings. The summed E-state index contributed by atoms with van der Waals surface area (Å²) < 4.78 is 12.5. The molecule has 8 nitrogen and oxygen atoms in total. The molecule has 0 spiro atoms. The van der Waals surface area contributed by atoms with Crippen LogP contribution in [0.1, 0.15) is 17.3 Å². The van der Waals surface area contributed by atoms with Crippen LogP contribution in [-0.2, 0) is 4.79 Å². The number of benzene rings is 3. The molecule has 1 aliphatic rings. The number of ether oxygens (including phenoxy) is 2. The van der Waals surface area contributed by atoms with Gasteiger partial charge in [0, 0.05) is 17.4 Å². The van der Waals surface area contributed by atoms with Crippen molar-refractivity contribution >= 4 is 23.2 Å². The number of methoxy groups -OCH3 is 1. The standard InChI is InChI=1S/C26H22N4O4/c1-16-25(31)28-22-14-18(10-13-23(22)34-16)27-26(32)21-15-30(19-6-4-3-5-7-19)29-24(21)17-8-11-20(33-2)12-9-17/h3-16H,1-2H3,(H,27,32)(H,28,31)/t16-/m0/s1. The fraction of sp³-hybridized carbons (Fsp3) is 0.115. The van der Waals surface area contributed by atoms with Crippen molar-refractivity contribution in [2.24, 2.45) is 0 Å². The SMILES string of the molecule is COc1ccc(-c2nn(-c3ccccc3)cc2C(=O)Nc2ccc3c(c2)NC(=O)[C@H](C)O3)cc1. The van der Waals surface area contributed by atoms with Crippen LogP contribution in [0.4, 0.5) is 11.4 Å². The summed E-state index contributed by atoms with van der Waals surface area (Å²) in [7, 11) is 1.60. The predicted octanol–water partition coefficient (Wildman–Crippen LogP) is 4.52. The van der Waals surface area contributed by atoms with Crippen molar-refractivity contribution in [1.29, 1.82) is 0 Å². The van der Waals surface area contributed by atoms with Gasteiger partial charge in [-0.15, -0.1) is 0 Å². The summed E-state index contributed by atoms with van der Waals surface area (Å²) in [6.07, 6.45) is 1.14. The Morgan fingerprint density at radius 2 is 1.85 bits per heavy atom. The van der Waals surface area contributed by atoms with E-state index in [1.807, 2.05) is 54.6 Å². The first-order valence-corrected chi connectivity index (χ1v) is 10.7. The predicted molar refractivity (Wildman–Crippen MR) is 129 cm³/mol. The normalized spacial score (nSPS) is 14.5. The van der Waals surface area contributed by atoms with E-state index in [9.17, 15) is 9.59 Å². The van der Waals surface area contributed by atoms with Gasteiger partial charge in [0.05, 0.1) is 24.0 Å². The highest BCUT2D eigenvalue weighted by Crippen LogP contribution is 2.33. The van der Waals surface area contributed by atoms with E-state index in [0.717, 1.165) is 11.3 Å². The molecule has 0 aliphatic carbocycles. The van der Waals surface area contributed by atoms with E-state index in [1.54, 1.807) is 43.1 Å². The molecule has 3 aromatic carbocycles. The third kappa shape index (κ3) is 4.09. The fourth-order valence-corrected chi connectivity index (χ4v) is 3.70. The largest absolute Gasteiger partial charge is 0.497 e. The highest BCUT2D eigenvalue weighted by atomic mass is 16.5. The second-order valence-corrected chi connectivity index (χ2v) is 7.81. The van der Waals surface area contributed by atoms with Crippen molar-refractivity contribution in [3.63, 3.8) is 0 Å². The van der Waals surface area contributed by atoms with Crippen LogP contribution in [0.3, 0.4) is 0 Å². The van der Waals surface area contributed by atoms with Crippen LogP contribution in [0.2, 0.25) is 0 Å². The molecule has 1 aromatic heterocycles. The van der Waals surface area contributed by atoms with E-state index < -0.39 is 6.10 Å². The smallest absolute Gasteiger partial charge is 0.265 e. The summed E-state index contributed by atoms with van der Waals surface area (Å²) in [6, 6.07) is 22.1. The van der Waals surface area contributed by atoms with Gasteiger partial charge in [-0.1, -0.05) is 18.2 Å². The van der Waals surface area contributed by atoms with Crippen molar-refractivity contribution in [3.8, 4) is 28.4 Å². The minimum Gasteiger partial charge on any atom is -0.497 e. The molecule has 2 amide bonds. The summed E-state index contributed by atoms with van der Waals surface area (Å²) >= 11 is 0. The first kappa shape index (κ1) is 21.3. The fourth-order valence-electron chi connectivity index (χ4n) is 3.70. The quantitative estimate of drug-likeness (QED) is 0.462. The Labute approximate surface area is 196 Å². The van der Waals surface area contributed by atoms with Crippen LogP contribution in [-0.4, -0.2) is 34.8 Å². The monoisotopic (exact) mass is 454 g/mol. The lowest BCUT2D eigenvalue weighted by Crippen LogP contribution is -2.34. The molecule has 34 heavy (non-hydrogen) atoms.